The summed E-state index contributed by atoms with van der Waals surface area (Å²) in [5, 5.41) is 0. The maximum absolute atomic E-state index is 2.42. The van der Waals surface area contributed by atoms with Crippen LogP contribution in [0.15, 0.2) is 0 Å². The van der Waals surface area contributed by atoms with Crippen molar-refractivity contribution in [2.45, 2.75) is 33.6 Å². The van der Waals surface area contributed by atoms with E-state index in [0.29, 0.717) is 5.41 Å². The molecule has 2 aliphatic carbocycles. The van der Waals surface area contributed by atoms with Crippen LogP contribution in [0, 0.1) is 23.2 Å². The smallest absolute Gasteiger partial charge is 0.0308 e. The fourth-order valence-electron chi connectivity index (χ4n) is 3.31. The first-order valence-corrected chi connectivity index (χ1v) is 4.11. The first-order chi connectivity index (χ1) is 4.11. The van der Waals surface area contributed by atoms with Gasteiger partial charge in [0.05, 0.1) is 0 Å². The molecule has 2 fully saturated rings. The number of rotatable bonds is 0. The van der Waals surface area contributed by atoms with E-state index < -0.39 is 0 Å². The molecule has 0 aromatic carbocycles. The number of fused-ring (bicyclic) bond motifs is 1. The Morgan fingerprint density at radius 3 is 2.22 bits per heavy atom. The zero-order chi connectivity index (χ0) is 6.65. The Morgan fingerprint density at radius 2 is 2.00 bits per heavy atom. The summed E-state index contributed by atoms with van der Waals surface area (Å²) in [5.74, 6) is 3.27. The SMILES string of the molecule is CC1CC2CC(C)(C)[C@H]12. The van der Waals surface area contributed by atoms with E-state index in [1.165, 1.54) is 12.8 Å². The maximum atomic E-state index is 2.42. The molecule has 2 aliphatic rings. The van der Waals surface area contributed by atoms with Crippen LogP contribution in [-0.4, -0.2) is 0 Å². The molecule has 2 rings (SSSR count). The minimum absolute atomic E-state index is 0.711. The van der Waals surface area contributed by atoms with Crippen LogP contribution in [0.5, 0.6) is 0 Å². The Balaban J connectivity index is 2.07. The molecule has 0 N–H and O–H groups in total. The summed E-state index contributed by atoms with van der Waals surface area (Å²) in [4.78, 5) is 0. The molecule has 0 heterocycles. The monoisotopic (exact) mass is 124 g/mol. The molecular weight excluding hydrogens is 108 g/mol. The highest BCUT2D eigenvalue weighted by Crippen LogP contribution is 2.64. The lowest BCUT2D eigenvalue weighted by Gasteiger charge is -2.63. The zero-order valence-electron chi connectivity index (χ0n) is 6.65. The van der Waals surface area contributed by atoms with Crippen LogP contribution in [0.2, 0.25) is 0 Å². The fraction of sp³-hybridized carbons (Fsp3) is 1.00. The Labute approximate surface area is 57.6 Å². The lowest BCUT2D eigenvalue weighted by Crippen LogP contribution is -2.55. The van der Waals surface area contributed by atoms with E-state index in [2.05, 4.69) is 20.8 Å². The molecule has 9 heavy (non-hydrogen) atoms. The van der Waals surface area contributed by atoms with Gasteiger partial charge >= 0.3 is 0 Å². The second kappa shape index (κ2) is 1.36. The molecule has 0 spiro atoms. The molecule has 52 valence electrons. The van der Waals surface area contributed by atoms with Crippen molar-refractivity contribution < 1.29 is 0 Å². The van der Waals surface area contributed by atoms with Gasteiger partial charge in [-0.2, -0.15) is 0 Å². The lowest BCUT2D eigenvalue weighted by atomic mass is 9.42. The van der Waals surface area contributed by atoms with E-state index in [4.69, 9.17) is 0 Å². The molecule has 0 heteroatoms. The molecule has 0 nitrogen and oxygen atoms in total. The summed E-state index contributed by atoms with van der Waals surface area (Å²) in [6, 6.07) is 0. The standard InChI is InChI=1S/C9H16/c1-6-4-7-5-9(2,3)8(6)7/h6-8H,4-5H2,1-3H3/t6?,7?,8-/m1/s1. The molecule has 3 atom stereocenters. The van der Waals surface area contributed by atoms with Gasteiger partial charge in [-0.25, -0.2) is 0 Å². The average molecular weight is 124 g/mol. The van der Waals surface area contributed by atoms with Crippen molar-refractivity contribution in [1.82, 2.24) is 0 Å². The van der Waals surface area contributed by atoms with E-state index in [-0.39, 0.29) is 0 Å². The van der Waals surface area contributed by atoms with Crippen molar-refractivity contribution in [1.29, 1.82) is 0 Å². The Morgan fingerprint density at radius 1 is 1.33 bits per heavy atom. The molecule has 0 saturated heterocycles. The summed E-state index contributed by atoms with van der Waals surface area (Å²) in [5.41, 5.74) is 0.711. The van der Waals surface area contributed by atoms with E-state index in [9.17, 15) is 0 Å². The Bertz CT molecular complexity index is 131. The third-order valence-electron chi connectivity index (χ3n) is 3.49. The third-order valence-corrected chi connectivity index (χ3v) is 3.49. The highest BCUT2D eigenvalue weighted by atomic mass is 14.6. The molecule has 0 bridgehead atoms. The minimum atomic E-state index is 0.711. The highest BCUT2D eigenvalue weighted by Gasteiger charge is 2.56. The van der Waals surface area contributed by atoms with Crippen molar-refractivity contribution in [3.05, 3.63) is 0 Å². The summed E-state index contributed by atoms with van der Waals surface area (Å²) >= 11 is 0. The van der Waals surface area contributed by atoms with Crippen LogP contribution >= 0.6 is 0 Å². The van der Waals surface area contributed by atoms with Gasteiger partial charge in [0, 0.05) is 0 Å². The largest absolute Gasteiger partial charge is 0.0622 e. The van der Waals surface area contributed by atoms with E-state index in [0.717, 1.165) is 17.8 Å². The van der Waals surface area contributed by atoms with Gasteiger partial charge < -0.3 is 0 Å². The predicted molar refractivity (Wildman–Crippen MR) is 39.2 cm³/mol. The number of hydrogen-bond acceptors (Lipinski definition) is 0. The lowest BCUT2D eigenvalue weighted by molar-refractivity contribution is -0.137. The van der Waals surface area contributed by atoms with Gasteiger partial charge in [-0.15, -0.1) is 0 Å². The summed E-state index contributed by atoms with van der Waals surface area (Å²) in [7, 11) is 0. The van der Waals surface area contributed by atoms with E-state index in [1.807, 2.05) is 0 Å². The first kappa shape index (κ1) is 5.76. The summed E-state index contributed by atoms with van der Waals surface area (Å²) in [6.07, 6.45) is 3.02. The predicted octanol–water partition coefficient (Wildman–Crippen LogP) is 2.69. The second-order valence-corrected chi connectivity index (χ2v) is 4.69. The van der Waals surface area contributed by atoms with E-state index >= 15 is 0 Å². The molecule has 2 saturated carbocycles. The van der Waals surface area contributed by atoms with Crippen molar-refractivity contribution in [3.8, 4) is 0 Å². The molecule has 0 amide bonds. The molecule has 0 aliphatic heterocycles. The van der Waals surface area contributed by atoms with Crippen LogP contribution in [0.25, 0.3) is 0 Å². The van der Waals surface area contributed by atoms with Gasteiger partial charge in [0.25, 0.3) is 0 Å². The minimum Gasteiger partial charge on any atom is -0.0622 e. The van der Waals surface area contributed by atoms with Crippen molar-refractivity contribution in [3.63, 3.8) is 0 Å². The average Bonchev–Trinajstić information content (AvgIpc) is 1.60. The van der Waals surface area contributed by atoms with Gasteiger partial charge in [-0.1, -0.05) is 20.8 Å². The van der Waals surface area contributed by atoms with Gasteiger partial charge in [-0.05, 0) is 36.0 Å². The zero-order valence-corrected chi connectivity index (χ0v) is 6.65. The van der Waals surface area contributed by atoms with Gasteiger partial charge in [-0.3, -0.25) is 0 Å². The van der Waals surface area contributed by atoms with Crippen LogP contribution in [0.3, 0.4) is 0 Å². The van der Waals surface area contributed by atoms with Crippen molar-refractivity contribution >= 4 is 0 Å². The van der Waals surface area contributed by atoms with Crippen LogP contribution in [0.4, 0.5) is 0 Å². The Hall–Kier alpha value is 0. The molecule has 0 aromatic heterocycles. The third kappa shape index (κ3) is 0.544. The number of hydrogen-bond donors (Lipinski definition) is 0. The molecule has 2 unspecified atom stereocenters. The van der Waals surface area contributed by atoms with Crippen LogP contribution in [-0.2, 0) is 0 Å². The highest BCUT2D eigenvalue weighted by molar-refractivity contribution is 5.05. The molecular formula is C9H16. The maximum Gasteiger partial charge on any atom is -0.0308 e. The van der Waals surface area contributed by atoms with Crippen LogP contribution in [0.1, 0.15) is 33.6 Å². The van der Waals surface area contributed by atoms with E-state index in [1.54, 1.807) is 0 Å². The molecule has 0 aromatic rings. The van der Waals surface area contributed by atoms with Gasteiger partial charge in [0.2, 0.25) is 0 Å². The summed E-state index contributed by atoms with van der Waals surface area (Å²) < 4.78 is 0. The van der Waals surface area contributed by atoms with Gasteiger partial charge in [0.15, 0.2) is 0 Å². The second-order valence-electron chi connectivity index (χ2n) is 4.69. The Kier molecular flexibility index (Phi) is 0.868. The molecule has 0 radical (unpaired) electrons. The van der Waals surface area contributed by atoms with Gasteiger partial charge in [0.1, 0.15) is 0 Å². The normalized spacial score (nSPS) is 53.0. The summed E-state index contributed by atoms with van der Waals surface area (Å²) in [6.45, 7) is 7.25. The fourth-order valence-corrected chi connectivity index (χ4v) is 3.31. The van der Waals surface area contributed by atoms with Crippen molar-refractivity contribution in [2.75, 3.05) is 0 Å². The van der Waals surface area contributed by atoms with Crippen LogP contribution < -0.4 is 0 Å². The topological polar surface area (TPSA) is 0 Å². The quantitative estimate of drug-likeness (QED) is 0.465. The first-order valence-electron chi connectivity index (χ1n) is 4.11. The van der Waals surface area contributed by atoms with Crippen molar-refractivity contribution in [2.24, 2.45) is 23.2 Å².